The van der Waals surface area contributed by atoms with Gasteiger partial charge in [0.15, 0.2) is 0 Å². The fraction of sp³-hybridized carbons (Fsp3) is 0.273. The fourth-order valence-electron chi connectivity index (χ4n) is 3.70. The lowest BCUT2D eigenvalue weighted by molar-refractivity contribution is -0.124. The maximum atomic E-state index is 12.3. The Morgan fingerprint density at radius 2 is 2.07 bits per heavy atom. The third-order valence-corrected chi connectivity index (χ3v) is 5.64. The molecule has 1 fully saturated rings. The van der Waals surface area contributed by atoms with Crippen molar-refractivity contribution in [2.75, 3.05) is 13.1 Å². The van der Waals surface area contributed by atoms with Crippen LogP contribution in [-0.4, -0.2) is 39.7 Å². The molecule has 5 nitrogen and oxygen atoms in total. The summed E-state index contributed by atoms with van der Waals surface area (Å²) in [6.45, 7) is 3.79. The first-order chi connectivity index (χ1) is 13.5. The Morgan fingerprint density at radius 1 is 1.29 bits per heavy atom. The monoisotopic (exact) mass is 394 g/mol. The van der Waals surface area contributed by atoms with Gasteiger partial charge >= 0.3 is 0 Å². The number of amides is 1. The van der Waals surface area contributed by atoms with E-state index in [-0.39, 0.29) is 11.9 Å². The molecule has 1 aliphatic rings. The Balaban J connectivity index is 1.57. The van der Waals surface area contributed by atoms with Crippen LogP contribution in [0.3, 0.4) is 0 Å². The molecule has 2 aromatic carbocycles. The van der Waals surface area contributed by atoms with Crippen LogP contribution in [0.5, 0.6) is 0 Å². The Labute approximate surface area is 169 Å². The van der Waals surface area contributed by atoms with Crippen molar-refractivity contribution in [1.82, 2.24) is 14.7 Å². The highest BCUT2D eigenvalue weighted by Gasteiger charge is 2.22. The van der Waals surface area contributed by atoms with Crippen LogP contribution in [0.25, 0.3) is 16.8 Å². The standard InChI is InChI=1S/C22H23ClN4O/c1-15-19(9-10-21(28)26-12-11-18(24)14-26)22(23)27(25-15)13-17-7-4-6-16-5-2-3-8-20(16)17/h2-10,18H,11-14,24H2,1H3/b10-9+/t18-/m1/s1. The average Bonchev–Trinajstić information content (AvgIpc) is 3.24. The second-order valence-electron chi connectivity index (χ2n) is 7.25. The molecule has 0 aliphatic carbocycles. The summed E-state index contributed by atoms with van der Waals surface area (Å²) in [7, 11) is 0. The molecule has 0 radical (unpaired) electrons. The zero-order valence-corrected chi connectivity index (χ0v) is 16.6. The molecule has 1 atom stereocenters. The molecule has 6 heteroatoms. The number of aryl methyl sites for hydroxylation is 1. The highest BCUT2D eigenvalue weighted by molar-refractivity contribution is 6.31. The molecule has 0 saturated carbocycles. The number of hydrogen-bond acceptors (Lipinski definition) is 3. The number of carbonyl (C=O) groups is 1. The molecule has 2 heterocycles. The third-order valence-electron chi connectivity index (χ3n) is 5.24. The second-order valence-corrected chi connectivity index (χ2v) is 7.61. The SMILES string of the molecule is Cc1nn(Cc2cccc3ccccc23)c(Cl)c1/C=C/C(=O)N1CC[C@@H](N)C1. The van der Waals surface area contributed by atoms with Crippen molar-refractivity contribution in [3.8, 4) is 0 Å². The van der Waals surface area contributed by atoms with Crippen LogP contribution in [0.15, 0.2) is 48.5 Å². The minimum atomic E-state index is -0.0368. The van der Waals surface area contributed by atoms with Crippen LogP contribution >= 0.6 is 11.6 Å². The Kier molecular flexibility index (Phi) is 5.20. The van der Waals surface area contributed by atoms with Gasteiger partial charge in [0.2, 0.25) is 5.91 Å². The quantitative estimate of drug-likeness (QED) is 0.687. The van der Waals surface area contributed by atoms with E-state index in [9.17, 15) is 4.79 Å². The van der Waals surface area contributed by atoms with E-state index in [1.54, 1.807) is 21.7 Å². The average molecular weight is 395 g/mol. The normalized spacial score (nSPS) is 17.1. The van der Waals surface area contributed by atoms with Crippen LogP contribution in [-0.2, 0) is 11.3 Å². The first-order valence-corrected chi connectivity index (χ1v) is 9.83. The van der Waals surface area contributed by atoms with E-state index in [1.165, 1.54) is 10.8 Å². The van der Waals surface area contributed by atoms with Gasteiger partial charge in [-0.1, -0.05) is 54.1 Å². The lowest BCUT2D eigenvalue weighted by Crippen LogP contribution is -2.30. The number of benzene rings is 2. The van der Waals surface area contributed by atoms with Crippen LogP contribution in [0.1, 0.15) is 23.2 Å². The van der Waals surface area contributed by atoms with Gasteiger partial charge in [-0.2, -0.15) is 5.10 Å². The number of likely N-dealkylation sites (tertiary alicyclic amines) is 1. The van der Waals surface area contributed by atoms with Crippen molar-refractivity contribution in [1.29, 1.82) is 0 Å². The third kappa shape index (κ3) is 3.68. The largest absolute Gasteiger partial charge is 0.338 e. The van der Waals surface area contributed by atoms with E-state index in [0.717, 1.165) is 23.2 Å². The summed E-state index contributed by atoms with van der Waals surface area (Å²) in [6, 6.07) is 14.6. The molecule has 0 unspecified atom stereocenters. The van der Waals surface area contributed by atoms with Gasteiger partial charge in [-0.05, 0) is 35.8 Å². The topological polar surface area (TPSA) is 64.2 Å². The summed E-state index contributed by atoms with van der Waals surface area (Å²) in [4.78, 5) is 14.1. The highest BCUT2D eigenvalue weighted by atomic mass is 35.5. The number of fused-ring (bicyclic) bond motifs is 1. The van der Waals surface area contributed by atoms with Crippen LogP contribution in [0.2, 0.25) is 5.15 Å². The Hall–Kier alpha value is -2.63. The van der Waals surface area contributed by atoms with E-state index >= 15 is 0 Å². The van der Waals surface area contributed by atoms with Gasteiger partial charge in [0, 0.05) is 30.8 Å². The molecule has 144 valence electrons. The van der Waals surface area contributed by atoms with Gasteiger partial charge in [0.05, 0.1) is 12.2 Å². The van der Waals surface area contributed by atoms with E-state index < -0.39 is 0 Å². The van der Waals surface area contributed by atoms with E-state index in [2.05, 4.69) is 29.4 Å². The van der Waals surface area contributed by atoms with Crippen molar-refractivity contribution < 1.29 is 4.79 Å². The predicted octanol–water partition coefficient (Wildman–Crippen LogP) is 3.62. The summed E-state index contributed by atoms with van der Waals surface area (Å²) in [5, 5.41) is 7.50. The first kappa shape index (κ1) is 18.7. The van der Waals surface area contributed by atoms with Crippen molar-refractivity contribution in [2.24, 2.45) is 5.73 Å². The Bertz CT molecular complexity index is 1050. The van der Waals surface area contributed by atoms with Gasteiger partial charge in [0.25, 0.3) is 0 Å². The van der Waals surface area contributed by atoms with Gasteiger partial charge < -0.3 is 10.6 Å². The molecular formula is C22H23ClN4O. The highest BCUT2D eigenvalue weighted by Crippen LogP contribution is 2.25. The number of hydrogen-bond donors (Lipinski definition) is 1. The number of nitrogens with two attached hydrogens (primary N) is 1. The molecule has 4 rings (SSSR count). The minimum absolute atomic E-state index is 0.0368. The summed E-state index contributed by atoms with van der Waals surface area (Å²) in [5.41, 5.74) is 8.61. The van der Waals surface area contributed by atoms with Crippen molar-refractivity contribution >= 4 is 34.4 Å². The number of carbonyl (C=O) groups excluding carboxylic acids is 1. The molecule has 3 aromatic rings. The first-order valence-electron chi connectivity index (χ1n) is 9.45. The maximum absolute atomic E-state index is 12.3. The molecule has 0 bridgehead atoms. The van der Waals surface area contributed by atoms with Crippen molar-refractivity contribution in [3.63, 3.8) is 0 Å². The zero-order valence-electron chi connectivity index (χ0n) is 15.8. The van der Waals surface area contributed by atoms with Crippen LogP contribution in [0, 0.1) is 6.92 Å². The second kappa shape index (κ2) is 7.78. The lowest BCUT2D eigenvalue weighted by Gasteiger charge is -2.12. The van der Waals surface area contributed by atoms with Crippen LogP contribution < -0.4 is 5.73 Å². The molecule has 1 amide bonds. The Morgan fingerprint density at radius 3 is 2.86 bits per heavy atom. The fourth-order valence-corrected chi connectivity index (χ4v) is 4.00. The molecule has 1 aromatic heterocycles. The molecule has 1 saturated heterocycles. The van der Waals surface area contributed by atoms with Gasteiger partial charge in [-0.15, -0.1) is 0 Å². The summed E-state index contributed by atoms with van der Waals surface area (Å²) < 4.78 is 1.79. The predicted molar refractivity (Wildman–Crippen MR) is 113 cm³/mol. The molecule has 28 heavy (non-hydrogen) atoms. The van der Waals surface area contributed by atoms with Gasteiger partial charge in [-0.25, -0.2) is 4.68 Å². The molecule has 0 spiro atoms. The van der Waals surface area contributed by atoms with Gasteiger partial charge in [-0.3, -0.25) is 4.79 Å². The van der Waals surface area contributed by atoms with E-state index in [1.807, 2.05) is 25.1 Å². The summed E-state index contributed by atoms with van der Waals surface area (Å²) >= 11 is 6.60. The number of halogens is 1. The minimum Gasteiger partial charge on any atom is -0.338 e. The van der Waals surface area contributed by atoms with E-state index in [0.29, 0.717) is 24.8 Å². The van der Waals surface area contributed by atoms with E-state index in [4.69, 9.17) is 17.3 Å². The number of rotatable bonds is 4. The van der Waals surface area contributed by atoms with Gasteiger partial charge in [0.1, 0.15) is 5.15 Å². The molecule has 1 aliphatic heterocycles. The lowest BCUT2D eigenvalue weighted by atomic mass is 10.0. The zero-order chi connectivity index (χ0) is 19.7. The maximum Gasteiger partial charge on any atom is 0.246 e. The van der Waals surface area contributed by atoms with Crippen molar-refractivity contribution in [2.45, 2.75) is 25.9 Å². The van der Waals surface area contributed by atoms with Crippen molar-refractivity contribution in [3.05, 3.63) is 70.5 Å². The van der Waals surface area contributed by atoms with Crippen LogP contribution in [0.4, 0.5) is 0 Å². The number of aromatic nitrogens is 2. The summed E-state index contributed by atoms with van der Waals surface area (Å²) in [6.07, 6.45) is 4.18. The summed E-state index contributed by atoms with van der Waals surface area (Å²) in [5.74, 6) is -0.0368. The number of nitrogens with zero attached hydrogens (tertiary/aromatic N) is 3. The molecular weight excluding hydrogens is 372 g/mol. The smallest absolute Gasteiger partial charge is 0.246 e. The molecule has 2 N–H and O–H groups in total.